The zero-order chi connectivity index (χ0) is 25.4. The van der Waals surface area contributed by atoms with E-state index in [1.807, 2.05) is 12.1 Å². The molecule has 35 heavy (non-hydrogen) atoms. The van der Waals surface area contributed by atoms with Gasteiger partial charge < -0.3 is 19.7 Å². The van der Waals surface area contributed by atoms with Crippen molar-refractivity contribution in [3.8, 4) is 5.75 Å². The Kier molecular flexibility index (Phi) is 8.34. The lowest BCUT2D eigenvalue weighted by Crippen LogP contribution is -2.40. The minimum Gasteiger partial charge on any atom is -0.497 e. The van der Waals surface area contributed by atoms with Crippen LogP contribution in [-0.4, -0.2) is 54.1 Å². The molecule has 180 valence electrons. The van der Waals surface area contributed by atoms with Gasteiger partial charge in [0.2, 0.25) is 0 Å². The number of hydrogen-bond acceptors (Lipinski definition) is 6. The molecule has 0 fully saturated rings. The smallest absolute Gasteiger partial charge is 0.331 e. The van der Waals surface area contributed by atoms with Crippen LogP contribution in [0.4, 0.5) is 0 Å². The third kappa shape index (κ3) is 5.92. The molecule has 0 saturated heterocycles. The van der Waals surface area contributed by atoms with Crippen LogP contribution in [0.2, 0.25) is 0 Å². The van der Waals surface area contributed by atoms with Gasteiger partial charge in [0.1, 0.15) is 5.75 Å². The second-order valence-corrected chi connectivity index (χ2v) is 7.63. The molecule has 2 N–H and O–H groups in total. The van der Waals surface area contributed by atoms with E-state index in [1.165, 1.54) is 19.2 Å². The van der Waals surface area contributed by atoms with Gasteiger partial charge >= 0.3 is 17.9 Å². The molecule has 0 radical (unpaired) electrons. The van der Waals surface area contributed by atoms with Gasteiger partial charge in [-0.1, -0.05) is 72.8 Å². The van der Waals surface area contributed by atoms with Gasteiger partial charge in [-0.15, -0.1) is 0 Å². The zero-order valence-electron chi connectivity index (χ0n) is 19.2. The van der Waals surface area contributed by atoms with E-state index in [1.54, 1.807) is 60.7 Å². The summed E-state index contributed by atoms with van der Waals surface area (Å²) in [5.41, 5.74) is 2.03. The molecule has 3 aromatic carbocycles. The van der Waals surface area contributed by atoms with Crippen molar-refractivity contribution in [2.75, 3.05) is 14.2 Å². The Labute approximate surface area is 202 Å². The molecule has 8 heteroatoms. The SMILES string of the molecule is COC(=O)[C@@H](N=C(c1ccccc1)c1ccccc1)[C@@H](c1ccc(OC)cc1)C(C(=O)O)C(=O)O. The summed E-state index contributed by atoms with van der Waals surface area (Å²) >= 11 is 0. The van der Waals surface area contributed by atoms with E-state index in [0.29, 0.717) is 28.2 Å². The highest BCUT2D eigenvalue weighted by molar-refractivity contribution is 6.13. The van der Waals surface area contributed by atoms with Crippen LogP contribution in [0.15, 0.2) is 89.9 Å². The van der Waals surface area contributed by atoms with E-state index >= 15 is 0 Å². The van der Waals surface area contributed by atoms with E-state index < -0.39 is 35.8 Å². The Hall–Kier alpha value is -4.46. The third-order valence-electron chi connectivity index (χ3n) is 5.54. The zero-order valence-corrected chi connectivity index (χ0v) is 19.2. The number of esters is 1. The number of ether oxygens (including phenoxy) is 2. The Morgan fingerprint density at radius 3 is 1.63 bits per heavy atom. The first-order chi connectivity index (χ1) is 16.9. The lowest BCUT2D eigenvalue weighted by molar-refractivity contribution is -0.156. The molecule has 3 rings (SSSR count). The number of carbonyl (C=O) groups excluding carboxylic acids is 1. The van der Waals surface area contributed by atoms with Crippen LogP contribution in [0.5, 0.6) is 5.75 Å². The highest BCUT2D eigenvalue weighted by Gasteiger charge is 2.44. The molecule has 8 nitrogen and oxygen atoms in total. The Balaban J connectivity index is 2.29. The second kappa shape index (κ2) is 11.6. The standard InChI is InChI=1S/C27H25NO7/c1-34-20-15-13-17(14-16-20)21(22(25(29)30)26(31)32)24(27(33)35-2)28-23(18-9-5-3-6-10-18)19-11-7-4-8-12-19/h3-16,21-22,24H,1-2H3,(H,29,30)(H,31,32)/t21-,24-/m0/s1. The molecule has 0 aliphatic carbocycles. The lowest BCUT2D eigenvalue weighted by atomic mass is 9.80. The fourth-order valence-electron chi connectivity index (χ4n) is 3.84. The maximum atomic E-state index is 13.1. The molecule has 0 heterocycles. The molecule has 0 aliphatic heterocycles. The molecule has 3 aromatic rings. The predicted octanol–water partition coefficient (Wildman–Crippen LogP) is 3.64. The number of nitrogens with zero attached hydrogens (tertiary/aromatic N) is 1. The van der Waals surface area contributed by atoms with Gasteiger partial charge in [0, 0.05) is 17.0 Å². The molecule has 0 aliphatic rings. The van der Waals surface area contributed by atoms with E-state index in [2.05, 4.69) is 4.99 Å². The molecule has 0 unspecified atom stereocenters. The number of methoxy groups -OCH3 is 2. The molecule has 0 bridgehead atoms. The summed E-state index contributed by atoms with van der Waals surface area (Å²) in [6.45, 7) is 0. The van der Waals surface area contributed by atoms with E-state index in [-0.39, 0.29) is 0 Å². The van der Waals surface area contributed by atoms with Crippen LogP contribution >= 0.6 is 0 Å². The molecule has 0 spiro atoms. The number of aliphatic carboxylic acids is 2. The minimum absolute atomic E-state index is 0.292. The predicted molar refractivity (Wildman–Crippen MR) is 129 cm³/mol. The van der Waals surface area contributed by atoms with Crippen molar-refractivity contribution >= 4 is 23.6 Å². The van der Waals surface area contributed by atoms with Crippen molar-refractivity contribution in [2.24, 2.45) is 10.9 Å². The lowest BCUT2D eigenvalue weighted by Gasteiger charge is -2.27. The largest absolute Gasteiger partial charge is 0.497 e. The summed E-state index contributed by atoms with van der Waals surface area (Å²) in [5.74, 6) is -6.90. The Morgan fingerprint density at radius 1 is 0.743 bits per heavy atom. The second-order valence-electron chi connectivity index (χ2n) is 7.63. The van der Waals surface area contributed by atoms with Crippen LogP contribution in [0.3, 0.4) is 0 Å². The molecule has 0 aromatic heterocycles. The normalized spacial score (nSPS) is 12.3. The van der Waals surface area contributed by atoms with Crippen molar-refractivity contribution in [3.05, 3.63) is 102 Å². The summed E-state index contributed by atoms with van der Waals surface area (Å²) in [7, 11) is 2.62. The maximum Gasteiger partial charge on any atom is 0.331 e. The molecule has 0 amide bonds. The number of carbonyl (C=O) groups is 3. The summed E-state index contributed by atoms with van der Waals surface area (Å²) in [6.07, 6.45) is 0. The Morgan fingerprint density at radius 2 is 1.23 bits per heavy atom. The highest BCUT2D eigenvalue weighted by Crippen LogP contribution is 2.34. The molecule has 0 saturated carbocycles. The molecular weight excluding hydrogens is 450 g/mol. The summed E-state index contributed by atoms with van der Waals surface area (Å²) in [5, 5.41) is 19.7. The fourth-order valence-corrected chi connectivity index (χ4v) is 3.84. The number of benzene rings is 3. The van der Waals surface area contributed by atoms with Crippen molar-refractivity contribution in [3.63, 3.8) is 0 Å². The number of aliphatic imine (C=N–C) groups is 1. The van der Waals surface area contributed by atoms with Gasteiger partial charge in [-0.05, 0) is 17.7 Å². The first kappa shape index (κ1) is 25.2. The molecule has 2 atom stereocenters. The van der Waals surface area contributed by atoms with Crippen molar-refractivity contribution < 1.29 is 34.1 Å². The van der Waals surface area contributed by atoms with Crippen molar-refractivity contribution in [2.45, 2.75) is 12.0 Å². The number of carboxylic acids is 2. The maximum absolute atomic E-state index is 13.1. The van der Waals surface area contributed by atoms with Crippen LogP contribution in [-0.2, 0) is 19.1 Å². The fraction of sp³-hybridized carbons (Fsp3) is 0.185. The van der Waals surface area contributed by atoms with Gasteiger partial charge in [0.15, 0.2) is 12.0 Å². The number of carboxylic acid groups (broad SMARTS) is 2. The van der Waals surface area contributed by atoms with Crippen molar-refractivity contribution in [1.82, 2.24) is 0 Å². The first-order valence-corrected chi connectivity index (χ1v) is 10.7. The van der Waals surface area contributed by atoms with E-state index in [9.17, 15) is 24.6 Å². The van der Waals surface area contributed by atoms with E-state index in [4.69, 9.17) is 9.47 Å². The van der Waals surface area contributed by atoms with Crippen LogP contribution in [0, 0.1) is 5.92 Å². The Bertz CT molecular complexity index is 1140. The van der Waals surface area contributed by atoms with Gasteiger partial charge in [0.05, 0.1) is 19.9 Å². The topological polar surface area (TPSA) is 122 Å². The summed E-state index contributed by atoms with van der Waals surface area (Å²) in [4.78, 5) is 42.0. The van der Waals surface area contributed by atoms with Crippen LogP contribution in [0.25, 0.3) is 0 Å². The summed E-state index contributed by atoms with van der Waals surface area (Å²) < 4.78 is 10.1. The quantitative estimate of drug-likeness (QED) is 0.261. The van der Waals surface area contributed by atoms with Gasteiger partial charge in [-0.3, -0.25) is 14.6 Å². The summed E-state index contributed by atoms with van der Waals surface area (Å²) in [6, 6.07) is 22.8. The monoisotopic (exact) mass is 475 g/mol. The van der Waals surface area contributed by atoms with Crippen LogP contribution in [0.1, 0.15) is 22.6 Å². The van der Waals surface area contributed by atoms with Crippen molar-refractivity contribution in [1.29, 1.82) is 0 Å². The van der Waals surface area contributed by atoms with Gasteiger partial charge in [0.25, 0.3) is 0 Å². The highest BCUT2D eigenvalue weighted by atomic mass is 16.5. The van der Waals surface area contributed by atoms with E-state index in [0.717, 1.165) is 7.11 Å². The number of rotatable bonds is 10. The third-order valence-corrected chi connectivity index (χ3v) is 5.54. The number of hydrogen-bond donors (Lipinski definition) is 2. The average Bonchev–Trinajstić information content (AvgIpc) is 2.88. The molecular formula is C27H25NO7. The van der Waals surface area contributed by atoms with Gasteiger partial charge in [-0.25, -0.2) is 4.79 Å². The van der Waals surface area contributed by atoms with Gasteiger partial charge in [-0.2, -0.15) is 0 Å². The minimum atomic E-state index is -1.97. The first-order valence-electron chi connectivity index (χ1n) is 10.7. The average molecular weight is 475 g/mol. The van der Waals surface area contributed by atoms with Crippen LogP contribution < -0.4 is 4.74 Å².